The maximum atomic E-state index is 12.3. The first kappa shape index (κ1) is 17.6. The van der Waals surface area contributed by atoms with Crippen molar-refractivity contribution in [3.05, 3.63) is 66.2 Å². The Morgan fingerprint density at radius 1 is 1.25 bits per heavy atom. The van der Waals surface area contributed by atoms with Crippen molar-refractivity contribution in [2.75, 3.05) is 11.9 Å². The maximum absolute atomic E-state index is 12.3. The molecule has 2 rings (SSSR count). The van der Waals surface area contributed by atoms with E-state index >= 15 is 0 Å². The average molecular weight is 325 g/mol. The van der Waals surface area contributed by atoms with Crippen LogP contribution in [0.25, 0.3) is 0 Å². The zero-order chi connectivity index (χ0) is 17.5. The number of carbonyl (C=O) groups excluding carboxylic acids is 1. The van der Waals surface area contributed by atoms with Crippen molar-refractivity contribution < 1.29 is 14.3 Å². The number of rotatable bonds is 7. The van der Waals surface area contributed by atoms with E-state index in [1.165, 1.54) is 0 Å². The van der Waals surface area contributed by atoms with Gasteiger partial charge in [0, 0.05) is 11.8 Å². The third-order valence-electron chi connectivity index (χ3n) is 3.70. The summed E-state index contributed by atoms with van der Waals surface area (Å²) in [4.78, 5) is 12.3. The molecule has 0 saturated carbocycles. The first-order valence-electron chi connectivity index (χ1n) is 7.88. The quantitative estimate of drug-likeness (QED) is 0.773. The molecule has 0 radical (unpaired) electrons. The van der Waals surface area contributed by atoms with Gasteiger partial charge in [-0.05, 0) is 50.1 Å². The molecule has 24 heavy (non-hydrogen) atoms. The molecule has 0 fully saturated rings. The molecule has 0 bridgehead atoms. The summed E-state index contributed by atoms with van der Waals surface area (Å²) in [5, 5.41) is 2.84. The highest BCUT2D eigenvalue weighted by atomic mass is 16.5. The van der Waals surface area contributed by atoms with Gasteiger partial charge in [0.1, 0.15) is 18.1 Å². The zero-order valence-corrected chi connectivity index (χ0v) is 14.3. The van der Waals surface area contributed by atoms with E-state index in [0.717, 1.165) is 16.9 Å². The van der Waals surface area contributed by atoms with Crippen molar-refractivity contribution in [2.45, 2.75) is 26.9 Å². The van der Waals surface area contributed by atoms with Crippen LogP contribution < -0.4 is 14.8 Å². The molecule has 0 aliphatic carbocycles. The van der Waals surface area contributed by atoms with Gasteiger partial charge in [0.15, 0.2) is 6.10 Å². The Bertz CT molecular complexity index is 725. The summed E-state index contributed by atoms with van der Waals surface area (Å²) >= 11 is 0. The Labute approximate surface area is 143 Å². The molecule has 2 aromatic rings. The van der Waals surface area contributed by atoms with Crippen LogP contribution in [0.4, 0.5) is 5.69 Å². The maximum Gasteiger partial charge on any atom is 0.265 e. The number of aryl methyl sites for hydroxylation is 1. The molecule has 0 aromatic heterocycles. The summed E-state index contributed by atoms with van der Waals surface area (Å²) in [5.74, 6) is 1.19. The van der Waals surface area contributed by atoms with Gasteiger partial charge in [-0.3, -0.25) is 4.79 Å². The van der Waals surface area contributed by atoms with Crippen LogP contribution in [0.1, 0.15) is 18.1 Å². The van der Waals surface area contributed by atoms with E-state index in [1.807, 2.05) is 50.2 Å². The highest BCUT2D eigenvalue weighted by Crippen LogP contribution is 2.22. The third-order valence-corrected chi connectivity index (χ3v) is 3.70. The van der Waals surface area contributed by atoms with Crippen molar-refractivity contribution >= 4 is 11.6 Å². The lowest BCUT2D eigenvalue weighted by molar-refractivity contribution is -0.122. The molecule has 0 unspecified atom stereocenters. The number of hydrogen-bond donors (Lipinski definition) is 1. The molecular formula is C20H23NO3. The molecule has 0 aliphatic rings. The van der Waals surface area contributed by atoms with Gasteiger partial charge in [-0.15, -0.1) is 0 Å². The van der Waals surface area contributed by atoms with Crippen LogP contribution in [0.5, 0.6) is 11.5 Å². The van der Waals surface area contributed by atoms with E-state index < -0.39 is 6.10 Å². The highest BCUT2D eigenvalue weighted by molar-refractivity contribution is 5.94. The van der Waals surface area contributed by atoms with Gasteiger partial charge < -0.3 is 14.8 Å². The molecule has 126 valence electrons. The van der Waals surface area contributed by atoms with E-state index in [4.69, 9.17) is 9.47 Å². The molecule has 2 aromatic carbocycles. The van der Waals surface area contributed by atoms with Gasteiger partial charge in [-0.1, -0.05) is 30.9 Å². The minimum atomic E-state index is -0.608. The first-order chi connectivity index (χ1) is 11.5. The van der Waals surface area contributed by atoms with Crippen LogP contribution in [0.2, 0.25) is 0 Å². The smallest absolute Gasteiger partial charge is 0.265 e. The largest absolute Gasteiger partial charge is 0.489 e. The highest BCUT2D eigenvalue weighted by Gasteiger charge is 2.16. The average Bonchev–Trinajstić information content (AvgIpc) is 2.57. The molecule has 4 nitrogen and oxygen atoms in total. The number of amides is 1. The van der Waals surface area contributed by atoms with Gasteiger partial charge in [-0.2, -0.15) is 0 Å². The summed E-state index contributed by atoms with van der Waals surface area (Å²) in [6.07, 6.45) is 1.06. The molecule has 0 aliphatic heterocycles. The lowest BCUT2D eigenvalue weighted by Gasteiger charge is -2.17. The van der Waals surface area contributed by atoms with E-state index in [-0.39, 0.29) is 5.91 Å². The van der Waals surface area contributed by atoms with Crippen molar-refractivity contribution in [2.24, 2.45) is 0 Å². The molecule has 1 atom stereocenters. The normalized spacial score (nSPS) is 11.5. The van der Waals surface area contributed by atoms with Crippen LogP contribution in [-0.2, 0) is 4.79 Å². The summed E-state index contributed by atoms with van der Waals surface area (Å²) in [6, 6.07) is 13.0. The molecule has 1 N–H and O–H groups in total. The lowest BCUT2D eigenvalue weighted by Crippen LogP contribution is -2.30. The lowest BCUT2D eigenvalue weighted by atomic mass is 10.1. The fourth-order valence-corrected chi connectivity index (χ4v) is 2.16. The van der Waals surface area contributed by atoms with Gasteiger partial charge >= 0.3 is 0 Å². The number of ether oxygens (including phenoxy) is 2. The van der Waals surface area contributed by atoms with E-state index in [2.05, 4.69) is 11.9 Å². The minimum Gasteiger partial charge on any atom is -0.489 e. The van der Waals surface area contributed by atoms with Crippen molar-refractivity contribution in [1.29, 1.82) is 0 Å². The summed E-state index contributed by atoms with van der Waals surface area (Å²) in [6.45, 7) is 9.76. The van der Waals surface area contributed by atoms with Crippen LogP contribution in [0.3, 0.4) is 0 Å². The van der Waals surface area contributed by atoms with Crippen LogP contribution in [-0.4, -0.2) is 18.6 Å². The van der Waals surface area contributed by atoms with Crippen molar-refractivity contribution in [3.63, 3.8) is 0 Å². The number of benzene rings is 2. The third kappa shape index (κ3) is 4.62. The number of nitrogens with one attached hydrogen (secondary N) is 1. The fourth-order valence-electron chi connectivity index (χ4n) is 2.16. The standard InChI is InChI=1S/C20H23NO3/c1-5-12-23-18-10-7-9-17(13-18)21-20(22)16(4)24-19-11-6-8-14(2)15(19)3/h5-11,13,16H,1,12H2,2-4H3,(H,21,22)/t16-/m0/s1. The number of carbonyl (C=O) groups is 1. The Morgan fingerprint density at radius 2 is 2.00 bits per heavy atom. The van der Waals surface area contributed by atoms with Crippen LogP contribution in [0.15, 0.2) is 55.1 Å². The zero-order valence-electron chi connectivity index (χ0n) is 14.3. The van der Waals surface area contributed by atoms with E-state index in [1.54, 1.807) is 19.1 Å². The first-order valence-corrected chi connectivity index (χ1v) is 7.88. The van der Waals surface area contributed by atoms with E-state index in [9.17, 15) is 4.79 Å². The van der Waals surface area contributed by atoms with E-state index in [0.29, 0.717) is 18.0 Å². The molecule has 1 amide bonds. The van der Waals surface area contributed by atoms with Crippen molar-refractivity contribution in [3.8, 4) is 11.5 Å². The van der Waals surface area contributed by atoms with Crippen molar-refractivity contribution in [1.82, 2.24) is 0 Å². The molecule has 0 saturated heterocycles. The van der Waals surface area contributed by atoms with Crippen LogP contribution >= 0.6 is 0 Å². The monoisotopic (exact) mass is 325 g/mol. The second-order valence-corrected chi connectivity index (χ2v) is 5.57. The second-order valence-electron chi connectivity index (χ2n) is 5.57. The molecule has 0 spiro atoms. The molecular weight excluding hydrogens is 302 g/mol. The fraction of sp³-hybridized carbons (Fsp3) is 0.250. The Kier molecular flexibility index (Phi) is 6.01. The Morgan fingerprint density at radius 3 is 2.75 bits per heavy atom. The summed E-state index contributed by atoms with van der Waals surface area (Å²) < 4.78 is 11.3. The molecule has 4 heteroatoms. The topological polar surface area (TPSA) is 47.6 Å². The Balaban J connectivity index is 2.01. The Hall–Kier alpha value is -2.75. The van der Waals surface area contributed by atoms with Gasteiger partial charge in [0.2, 0.25) is 0 Å². The predicted molar refractivity (Wildman–Crippen MR) is 96.8 cm³/mol. The number of anilines is 1. The van der Waals surface area contributed by atoms with Gasteiger partial charge in [0.25, 0.3) is 5.91 Å². The summed E-state index contributed by atoms with van der Waals surface area (Å²) in [7, 11) is 0. The summed E-state index contributed by atoms with van der Waals surface area (Å²) in [5.41, 5.74) is 2.84. The number of hydrogen-bond acceptors (Lipinski definition) is 3. The van der Waals surface area contributed by atoms with Gasteiger partial charge in [0.05, 0.1) is 0 Å². The predicted octanol–water partition coefficient (Wildman–Crippen LogP) is 4.27. The molecule has 0 heterocycles. The van der Waals surface area contributed by atoms with Gasteiger partial charge in [-0.25, -0.2) is 0 Å². The second kappa shape index (κ2) is 8.20. The minimum absolute atomic E-state index is 0.211. The SMILES string of the molecule is C=CCOc1cccc(NC(=O)[C@H](C)Oc2cccc(C)c2C)c1. The van der Waals surface area contributed by atoms with Crippen LogP contribution in [0, 0.1) is 13.8 Å².